The molecule has 0 saturated carbocycles. The van der Waals surface area contributed by atoms with Crippen molar-refractivity contribution in [3.8, 4) is 0 Å². The van der Waals surface area contributed by atoms with E-state index >= 15 is 0 Å². The molecule has 1 unspecified atom stereocenters. The summed E-state index contributed by atoms with van der Waals surface area (Å²) in [5, 5.41) is 11.1. The molecule has 152 valence electrons. The van der Waals surface area contributed by atoms with Crippen LogP contribution in [0.15, 0.2) is 48.5 Å². The predicted molar refractivity (Wildman–Crippen MR) is 98.2 cm³/mol. The summed E-state index contributed by atoms with van der Waals surface area (Å²) in [6.45, 7) is 2.98. The van der Waals surface area contributed by atoms with E-state index in [2.05, 4.69) is 0 Å². The average molecular weight is 408 g/mol. The first-order valence-electron chi connectivity index (χ1n) is 8.50. The lowest BCUT2D eigenvalue weighted by Gasteiger charge is -2.27. The van der Waals surface area contributed by atoms with E-state index in [0.29, 0.717) is 12.1 Å². The van der Waals surface area contributed by atoms with Crippen LogP contribution in [0.2, 0.25) is 0 Å². The van der Waals surface area contributed by atoms with Crippen molar-refractivity contribution in [1.82, 2.24) is 9.38 Å². The molecule has 0 radical (unpaired) electrons. The lowest BCUT2D eigenvalue weighted by atomic mass is 10.0. The molecule has 0 bridgehead atoms. The number of carbonyl (C=O) groups excluding carboxylic acids is 2. The third kappa shape index (κ3) is 2.79. The lowest BCUT2D eigenvalue weighted by Crippen LogP contribution is -2.52. The molecular weight excluding hydrogens is 391 g/mol. The number of nitro benzene ring substituents is 1. The van der Waals surface area contributed by atoms with Crippen LogP contribution in [0.1, 0.15) is 19.4 Å². The zero-order valence-electron chi connectivity index (χ0n) is 15.7. The van der Waals surface area contributed by atoms with E-state index in [-0.39, 0.29) is 11.4 Å². The Morgan fingerprint density at radius 2 is 1.62 bits per heavy atom. The quantitative estimate of drug-likeness (QED) is 0.321. The highest BCUT2D eigenvalue weighted by atomic mass is 19.4. The van der Waals surface area contributed by atoms with Crippen LogP contribution in [0.4, 0.5) is 35.0 Å². The van der Waals surface area contributed by atoms with Gasteiger partial charge in [0.15, 0.2) is 16.9 Å². The van der Waals surface area contributed by atoms with Gasteiger partial charge in [-0.15, -0.1) is 4.48 Å². The van der Waals surface area contributed by atoms with Crippen LogP contribution in [0.5, 0.6) is 0 Å². The van der Waals surface area contributed by atoms with Crippen LogP contribution in [0, 0.1) is 10.1 Å². The Labute approximate surface area is 163 Å². The summed E-state index contributed by atoms with van der Waals surface area (Å²) in [5.41, 5.74) is -4.17. The second-order valence-electron chi connectivity index (χ2n) is 7.17. The summed E-state index contributed by atoms with van der Waals surface area (Å²) in [5.74, 6) is -0.668. The predicted octanol–water partition coefficient (Wildman–Crippen LogP) is 4.62. The lowest BCUT2D eigenvalue weighted by molar-refractivity contribution is -0.388. The molecule has 1 saturated heterocycles. The fraction of sp³-hybridized carbons (Fsp3) is 0.263. The Balaban J connectivity index is 2.41. The van der Waals surface area contributed by atoms with Crippen molar-refractivity contribution in [2.75, 3.05) is 7.05 Å². The topological polar surface area (TPSA) is 80.5 Å². The van der Waals surface area contributed by atoms with Crippen LogP contribution in [0.3, 0.4) is 0 Å². The van der Waals surface area contributed by atoms with Crippen molar-refractivity contribution >= 4 is 29.0 Å². The highest BCUT2D eigenvalue weighted by Crippen LogP contribution is 2.47. The maximum absolute atomic E-state index is 13.5. The van der Waals surface area contributed by atoms with Gasteiger partial charge < -0.3 is 0 Å². The molecule has 3 rings (SSSR count). The summed E-state index contributed by atoms with van der Waals surface area (Å²) < 4.78 is 39.5. The second-order valence-corrected chi connectivity index (χ2v) is 7.17. The number of alkyl halides is 3. The van der Waals surface area contributed by atoms with Crippen molar-refractivity contribution in [3.63, 3.8) is 0 Å². The molecule has 7 nitrogen and oxygen atoms in total. The Bertz CT molecular complexity index is 1020. The van der Waals surface area contributed by atoms with Gasteiger partial charge in [0.05, 0.1) is 4.92 Å². The molecule has 0 N–H and O–H groups in total. The van der Waals surface area contributed by atoms with E-state index in [0.717, 1.165) is 11.0 Å². The van der Waals surface area contributed by atoms with Gasteiger partial charge in [-0.3, -0.25) is 15.0 Å². The summed E-state index contributed by atoms with van der Waals surface area (Å²) in [6, 6.07) is 9.10. The first-order chi connectivity index (χ1) is 13.4. The number of amides is 3. The Morgan fingerprint density at radius 3 is 2.07 bits per heavy atom. The van der Waals surface area contributed by atoms with Crippen molar-refractivity contribution in [1.29, 1.82) is 0 Å². The van der Waals surface area contributed by atoms with E-state index < -0.39 is 44.3 Å². The number of halogens is 3. The van der Waals surface area contributed by atoms with Gasteiger partial charge in [-0.2, -0.15) is 13.2 Å². The van der Waals surface area contributed by atoms with Crippen LogP contribution in [0.25, 0.3) is 0 Å². The number of likely N-dealkylation sites (N-methyl/N-ethyl adjacent to an activating group) is 1. The third-order valence-corrected chi connectivity index (χ3v) is 5.25. The first kappa shape index (κ1) is 20.5. The monoisotopic (exact) mass is 408 g/mol. The fourth-order valence-electron chi connectivity index (χ4n) is 3.48. The minimum atomic E-state index is -5.05. The Morgan fingerprint density at radius 1 is 1.03 bits per heavy atom. The third-order valence-electron chi connectivity index (χ3n) is 5.25. The number of carbonyl (C=O) groups is 2. The number of para-hydroxylation sites is 1. The number of hydrogen-bond acceptors (Lipinski definition) is 4. The Kier molecular flexibility index (Phi) is 4.50. The van der Waals surface area contributed by atoms with Gasteiger partial charge in [0.25, 0.3) is 5.69 Å². The number of benzene rings is 2. The SMILES string of the molecule is CN1C(=O)[N+](c2ccccc2)(c2ccc([N+](=O)[O-])c(C(F)(F)F)c2)C(=O)C1(C)C. The molecule has 29 heavy (non-hydrogen) atoms. The van der Waals surface area contributed by atoms with Crippen molar-refractivity contribution < 1.29 is 27.7 Å². The maximum Gasteiger partial charge on any atom is 0.437 e. The molecule has 0 spiro atoms. The summed E-state index contributed by atoms with van der Waals surface area (Å²) in [4.78, 5) is 37.8. The van der Waals surface area contributed by atoms with Crippen molar-refractivity contribution in [2.24, 2.45) is 0 Å². The highest BCUT2D eigenvalue weighted by molar-refractivity contribution is 6.22. The van der Waals surface area contributed by atoms with Crippen LogP contribution in [-0.4, -0.2) is 34.3 Å². The molecule has 1 aliphatic rings. The molecule has 1 atom stereocenters. The molecule has 1 heterocycles. The number of nitro groups is 1. The summed E-state index contributed by atoms with van der Waals surface area (Å²) >= 11 is 0. The number of quaternary nitrogens is 1. The van der Waals surface area contributed by atoms with Gasteiger partial charge in [-0.1, -0.05) is 18.2 Å². The molecule has 2 aromatic rings. The zero-order chi connectivity index (χ0) is 21.8. The zero-order valence-corrected chi connectivity index (χ0v) is 15.7. The minimum Gasteiger partial charge on any atom is -0.276 e. The molecule has 2 aromatic carbocycles. The Hall–Kier alpha value is -3.27. The van der Waals surface area contributed by atoms with Gasteiger partial charge in [0.1, 0.15) is 5.56 Å². The molecule has 10 heteroatoms. The highest BCUT2D eigenvalue weighted by Gasteiger charge is 2.66. The molecular formula is C19H17F3N3O4+. The minimum absolute atomic E-state index is 0.141. The van der Waals surface area contributed by atoms with Crippen molar-refractivity contribution in [3.05, 3.63) is 64.2 Å². The van der Waals surface area contributed by atoms with Crippen molar-refractivity contribution in [2.45, 2.75) is 25.6 Å². The number of imide groups is 1. The second kappa shape index (κ2) is 6.38. The normalized spacial score (nSPS) is 21.5. The van der Waals surface area contributed by atoms with Crippen LogP contribution >= 0.6 is 0 Å². The van der Waals surface area contributed by atoms with Gasteiger partial charge in [0.2, 0.25) is 0 Å². The van der Waals surface area contributed by atoms with Gasteiger partial charge in [0, 0.05) is 37.4 Å². The smallest absolute Gasteiger partial charge is 0.276 e. The first-order valence-corrected chi connectivity index (χ1v) is 8.50. The largest absolute Gasteiger partial charge is 0.437 e. The molecule has 0 aliphatic carbocycles. The molecule has 1 aliphatic heterocycles. The number of hydrogen-bond donors (Lipinski definition) is 0. The number of rotatable bonds is 3. The van der Waals surface area contributed by atoms with Crippen LogP contribution in [-0.2, 0) is 11.0 Å². The van der Waals surface area contributed by atoms with Gasteiger partial charge in [-0.25, -0.2) is 9.59 Å². The van der Waals surface area contributed by atoms with E-state index in [1.165, 1.54) is 33.0 Å². The van der Waals surface area contributed by atoms with E-state index in [1.54, 1.807) is 18.2 Å². The number of urea groups is 1. The summed E-state index contributed by atoms with van der Waals surface area (Å²) in [6.07, 6.45) is -5.05. The number of nitrogens with zero attached hydrogens (tertiary/aromatic N) is 3. The van der Waals surface area contributed by atoms with E-state index in [1.807, 2.05) is 0 Å². The molecule has 3 amide bonds. The van der Waals surface area contributed by atoms with E-state index in [9.17, 15) is 32.9 Å². The summed E-state index contributed by atoms with van der Waals surface area (Å²) in [7, 11) is 1.39. The van der Waals surface area contributed by atoms with E-state index in [4.69, 9.17) is 0 Å². The standard InChI is InChI=1S/C19H17F3N3O4/c1-18(2)16(26)25(17(27)23(18)3,12-7-5-4-6-8-12)13-9-10-15(24(28)29)14(11-13)19(20,21)22/h4-11H,1-3H3/q+1. The molecule has 0 aromatic heterocycles. The van der Waals surface area contributed by atoms with Crippen LogP contribution < -0.4 is 4.48 Å². The van der Waals surface area contributed by atoms with Gasteiger partial charge in [-0.05, 0) is 13.8 Å². The van der Waals surface area contributed by atoms with Gasteiger partial charge >= 0.3 is 18.1 Å². The maximum atomic E-state index is 13.5. The molecule has 1 fully saturated rings. The average Bonchev–Trinajstić information content (AvgIpc) is 2.80. The fourth-order valence-corrected chi connectivity index (χ4v) is 3.48.